The lowest BCUT2D eigenvalue weighted by atomic mass is 9.93. The topological polar surface area (TPSA) is 49.6 Å². The van der Waals surface area contributed by atoms with Crippen molar-refractivity contribution < 1.29 is 4.79 Å². The molecule has 0 radical (unpaired) electrons. The number of carbonyl (C=O) groups is 1. The van der Waals surface area contributed by atoms with E-state index in [9.17, 15) is 4.79 Å². The molecule has 25 heavy (non-hydrogen) atoms. The summed E-state index contributed by atoms with van der Waals surface area (Å²) in [5.41, 5.74) is 7.12. The summed E-state index contributed by atoms with van der Waals surface area (Å²) in [5.74, 6) is 0.855. The summed E-state index contributed by atoms with van der Waals surface area (Å²) in [6, 6.07) is 10.8. The third kappa shape index (κ3) is 5.02. The van der Waals surface area contributed by atoms with Gasteiger partial charge in [-0.05, 0) is 50.3 Å². The van der Waals surface area contributed by atoms with Gasteiger partial charge in [0.25, 0.3) is 0 Å². The first-order valence-electron chi connectivity index (χ1n) is 8.97. The lowest BCUT2D eigenvalue weighted by molar-refractivity contribution is -0.137. The third-order valence-corrected chi connectivity index (χ3v) is 5.69. The Morgan fingerprint density at radius 3 is 2.56 bits per heavy atom. The molecule has 4 nitrogen and oxygen atoms in total. The second-order valence-electron chi connectivity index (χ2n) is 7.06. The summed E-state index contributed by atoms with van der Waals surface area (Å²) in [5, 5.41) is 0. The molecule has 1 aromatic carbocycles. The number of amides is 1. The van der Waals surface area contributed by atoms with Gasteiger partial charge in [-0.15, -0.1) is 24.8 Å². The van der Waals surface area contributed by atoms with E-state index in [0.717, 1.165) is 45.2 Å². The van der Waals surface area contributed by atoms with Gasteiger partial charge < -0.3 is 15.5 Å². The fourth-order valence-electron chi connectivity index (χ4n) is 4.23. The number of halogens is 2. The number of nitrogens with two attached hydrogens (primary N) is 1. The molecule has 0 bridgehead atoms. The molecular weight excluding hydrogens is 357 g/mol. The average molecular weight is 388 g/mol. The Morgan fingerprint density at radius 1 is 1.16 bits per heavy atom. The van der Waals surface area contributed by atoms with Crippen molar-refractivity contribution in [3.63, 3.8) is 0 Å². The number of piperidine rings is 1. The molecule has 3 atom stereocenters. The number of rotatable bonds is 4. The van der Waals surface area contributed by atoms with Gasteiger partial charge in [0, 0.05) is 37.8 Å². The average Bonchev–Trinajstić information content (AvgIpc) is 3.10. The first-order valence-corrected chi connectivity index (χ1v) is 8.97. The van der Waals surface area contributed by atoms with E-state index in [1.54, 1.807) is 0 Å². The van der Waals surface area contributed by atoms with Gasteiger partial charge in [0.05, 0.1) is 0 Å². The van der Waals surface area contributed by atoms with Crippen molar-refractivity contribution in [2.45, 2.75) is 38.1 Å². The van der Waals surface area contributed by atoms with Gasteiger partial charge in [-0.2, -0.15) is 0 Å². The van der Waals surface area contributed by atoms with Crippen LogP contribution in [0.4, 0.5) is 5.69 Å². The molecule has 0 aromatic heterocycles. The molecule has 1 saturated carbocycles. The van der Waals surface area contributed by atoms with Crippen molar-refractivity contribution in [1.29, 1.82) is 0 Å². The number of hydrogen-bond acceptors (Lipinski definition) is 3. The summed E-state index contributed by atoms with van der Waals surface area (Å²) in [4.78, 5) is 17.3. The first-order chi connectivity index (χ1) is 11.2. The number of para-hydroxylation sites is 1. The minimum absolute atomic E-state index is 0. The Bertz CT molecular complexity index is 529. The molecule has 1 saturated heterocycles. The summed E-state index contributed by atoms with van der Waals surface area (Å²) in [6.45, 7) is 2.66. The molecule has 2 N–H and O–H groups in total. The molecule has 0 spiro atoms. The van der Waals surface area contributed by atoms with Gasteiger partial charge in [-0.25, -0.2) is 0 Å². The predicted molar refractivity (Wildman–Crippen MR) is 109 cm³/mol. The third-order valence-electron chi connectivity index (χ3n) is 5.69. The smallest absolute Gasteiger partial charge is 0.226 e. The highest BCUT2D eigenvalue weighted by Gasteiger charge is 2.36. The molecule has 1 aliphatic heterocycles. The van der Waals surface area contributed by atoms with Crippen LogP contribution in [0.25, 0.3) is 0 Å². The fourth-order valence-corrected chi connectivity index (χ4v) is 4.23. The molecule has 2 aliphatic rings. The Kier molecular flexibility index (Phi) is 9.04. The normalized spacial score (nSPS) is 25.7. The minimum Gasteiger partial charge on any atom is -0.369 e. The van der Waals surface area contributed by atoms with E-state index in [1.807, 2.05) is 18.0 Å². The molecule has 1 aromatic rings. The molecule has 3 rings (SSSR count). The van der Waals surface area contributed by atoms with Crippen LogP contribution >= 0.6 is 24.8 Å². The zero-order valence-electron chi connectivity index (χ0n) is 15.0. The van der Waals surface area contributed by atoms with Crippen LogP contribution in [0.5, 0.6) is 0 Å². The van der Waals surface area contributed by atoms with E-state index in [1.165, 1.54) is 5.69 Å². The van der Waals surface area contributed by atoms with E-state index < -0.39 is 0 Å². The Labute approximate surface area is 163 Å². The van der Waals surface area contributed by atoms with Crippen molar-refractivity contribution in [1.82, 2.24) is 4.90 Å². The van der Waals surface area contributed by atoms with E-state index >= 15 is 0 Å². The molecule has 1 amide bonds. The summed E-state index contributed by atoms with van der Waals surface area (Å²) >= 11 is 0. The number of carbonyl (C=O) groups excluding carboxylic acids is 1. The number of nitrogens with zero attached hydrogens (tertiary/aromatic N) is 2. The zero-order valence-corrected chi connectivity index (χ0v) is 16.6. The molecule has 1 heterocycles. The maximum absolute atomic E-state index is 12.9. The van der Waals surface area contributed by atoms with Gasteiger partial charge in [0.1, 0.15) is 0 Å². The van der Waals surface area contributed by atoms with Gasteiger partial charge in [-0.1, -0.05) is 24.6 Å². The van der Waals surface area contributed by atoms with Crippen LogP contribution in [0.2, 0.25) is 0 Å². The number of anilines is 1. The number of hydrogen-bond donors (Lipinski definition) is 1. The summed E-state index contributed by atoms with van der Waals surface area (Å²) in [7, 11) is 1.99. The van der Waals surface area contributed by atoms with Crippen molar-refractivity contribution in [3.8, 4) is 0 Å². The van der Waals surface area contributed by atoms with Crippen LogP contribution in [-0.4, -0.2) is 43.5 Å². The lowest BCUT2D eigenvalue weighted by Gasteiger charge is -2.40. The quantitative estimate of drug-likeness (QED) is 0.861. The number of likely N-dealkylation sites (N-methyl/N-ethyl adjacent to an activating group) is 1. The molecule has 1 aliphatic carbocycles. The molecule has 1 unspecified atom stereocenters. The highest BCUT2D eigenvalue weighted by Crippen LogP contribution is 2.33. The zero-order chi connectivity index (χ0) is 16.2. The van der Waals surface area contributed by atoms with Crippen molar-refractivity contribution in [2.75, 3.05) is 31.6 Å². The Hall–Kier alpha value is -0.970. The maximum Gasteiger partial charge on any atom is 0.226 e. The van der Waals surface area contributed by atoms with E-state index in [2.05, 4.69) is 29.2 Å². The second-order valence-corrected chi connectivity index (χ2v) is 7.06. The molecular formula is C19H31Cl2N3O. The van der Waals surface area contributed by atoms with Crippen molar-refractivity contribution in [2.24, 2.45) is 17.6 Å². The Morgan fingerprint density at radius 2 is 1.88 bits per heavy atom. The molecule has 2 fully saturated rings. The number of benzene rings is 1. The summed E-state index contributed by atoms with van der Waals surface area (Å²) < 4.78 is 0. The van der Waals surface area contributed by atoms with Gasteiger partial charge >= 0.3 is 0 Å². The van der Waals surface area contributed by atoms with Gasteiger partial charge in [0.2, 0.25) is 5.91 Å². The van der Waals surface area contributed by atoms with Crippen LogP contribution in [0.15, 0.2) is 30.3 Å². The second kappa shape index (κ2) is 10.2. The van der Waals surface area contributed by atoms with E-state index in [-0.39, 0.29) is 30.7 Å². The van der Waals surface area contributed by atoms with Crippen LogP contribution in [0.3, 0.4) is 0 Å². The van der Waals surface area contributed by atoms with Gasteiger partial charge in [-0.3, -0.25) is 4.79 Å². The van der Waals surface area contributed by atoms with Crippen LogP contribution < -0.4 is 10.6 Å². The van der Waals surface area contributed by atoms with Gasteiger partial charge in [0.15, 0.2) is 0 Å². The van der Waals surface area contributed by atoms with Crippen LogP contribution in [0, 0.1) is 11.8 Å². The van der Waals surface area contributed by atoms with E-state index in [0.29, 0.717) is 24.4 Å². The van der Waals surface area contributed by atoms with Crippen molar-refractivity contribution in [3.05, 3.63) is 30.3 Å². The SMILES string of the molecule is CN(C(=O)[C@@H]1CCC[C@@H]1CN)C1CCCN(c2ccccc2)C1.Cl.Cl. The largest absolute Gasteiger partial charge is 0.369 e. The monoisotopic (exact) mass is 387 g/mol. The lowest BCUT2D eigenvalue weighted by Crippen LogP contribution is -2.50. The minimum atomic E-state index is 0. The Balaban J connectivity index is 0.00000156. The van der Waals surface area contributed by atoms with Crippen LogP contribution in [-0.2, 0) is 4.79 Å². The maximum atomic E-state index is 12.9. The predicted octanol–water partition coefficient (Wildman–Crippen LogP) is 3.33. The summed E-state index contributed by atoms with van der Waals surface area (Å²) in [6.07, 6.45) is 5.52. The highest BCUT2D eigenvalue weighted by atomic mass is 35.5. The highest BCUT2D eigenvalue weighted by molar-refractivity contribution is 5.85. The first kappa shape index (κ1) is 22.1. The fraction of sp³-hybridized carbons (Fsp3) is 0.632. The standard InChI is InChI=1S/C19H29N3O.2ClH/c1-21(19(23)18-11-5-7-15(18)13-20)17-10-6-12-22(14-17)16-8-3-2-4-9-16;;/h2-4,8-9,15,17-18H,5-7,10-14,20H2,1H3;2*1H/t15-,17?,18-;;/m1../s1. The van der Waals surface area contributed by atoms with Crippen molar-refractivity contribution >= 4 is 36.4 Å². The van der Waals surface area contributed by atoms with E-state index in [4.69, 9.17) is 5.73 Å². The van der Waals surface area contributed by atoms with Crippen LogP contribution in [0.1, 0.15) is 32.1 Å². The molecule has 142 valence electrons. The molecule has 6 heteroatoms.